The van der Waals surface area contributed by atoms with Crippen molar-refractivity contribution < 1.29 is 14.6 Å². The lowest BCUT2D eigenvalue weighted by atomic mass is 10.2. The van der Waals surface area contributed by atoms with E-state index in [0.717, 1.165) is 10.4 Å². The summed E-state index contributed by atoms with van der Waals surface area (Å²) in [5.74, 6) is 6.57. The lowest BCUT2D eigenvalue weighted by Crippen LogP contribution is -1.96. The Morgan fingerprint density at radius 2 is 2.10 bits per heavy atom. The molecule has 4 nitrogen and oxygen atoms in total. The van der Waals surface area contributed by atoms with Gasteiger partial charge in [0.2, 0.25) is 0 Å². The fourth-order valence-corrected chi connectivity index (χ4v) is 2.40. The Labute approximate surface area is 127 Å². The molecule has 0 unspecified atom stereocenters. The van der Waals surface area contributed by atoms with E-state index in [0.29, 0.717) is 23.7 Å². The van der Waals surface area contributed by atoms with Gasteiger partial charge in [-0.15, -0.1) is 11.3 Å². The van der Waals surface area contributed by atoms with Gasteiger partial charge in [0, 0.05) is 21.9 Å². The largest absolute Gasteiger partial charge is 0.493 e. The Morgan fingerprint density at radius 3 is 2.81 bits per heavy atom. The number of aliphatic hydroxyl groups is 1. The van der Waals surface area contributed by atoms with Gasteiger partial charge in [-0.3, -0.25) is 0 Å². The normalized spacial score (nSPS) is 9.38. The quantitative estimate of drug-likeness (QED) is 0.881. The van der Waals surface area contributed by atoms with E-state index in [-0.39, 0.29) is 6.61 Å². The predicted octanol–water partition coefficient (Wildman–Crippen LogP) is 2.55. The number of benzene rings is 1. The monoisotopic (exact) mass is 299 g/mol. The third kappa shape index (κ3) is 4.00. The first-order chi connectivity index (χ1) is 10.3. The molecule has 1 aromatic carbocycles. The molecule has 2 rings (SSSR count). The zero-order valence-electron chi connectivity index (χ0n) is 11.4. The molecule has 106 valence electrons. The number of nitrogens with zero attached hydrogens (tertiary/aromatic N) is 1. The summed E-state index contributed by atoms with van der Waals surface area (Å²) >= 11 is 1.54. The zero-order valence-corrected chi connectivity index (χ0v) is 12.2. The van der Waals surface area contributed by atoms with Crippen molar-refractivity contribution in [2.24, 2.45) is 0 Å². The highest BCUT2D eigenvalue weighted by Crippen LogP contribution is 2.29. The van der Waals surface area contributed by atoms with Crippen molar-refractivity contribution in [2.45, 2.75) is 6.61 Å². The van der Waals surface area contributed by atoms with Crippen molar-refractivity contribution in [3.63, 3.8) is 0 Å². The van der Waals surface area contributed by atoms with Gasteiger partial charge < -0.3 is 14.6 Å². The SMILES string of the molecule is COc1cc(C#N)ccc1OCc1cc(C#CCO)cs1. The second-order valence-electron chi connectivity index (χ2n) is 4.03. The fourth-order valence-electron chi connectivity index (χ4n) is 1.67. The van der Waals surface area contributed by atoms with E-state index in [1.807, 2.05) is 11.4 Å². The molecule has 0 spiro atoms. The average molecular weight is 299 g/mol. The van der Waals surface area contributed by atoms with Crippen LogP contribution in [0.25, 0.3) is 0 Å². The topological polar surface area (TPSA) is 62.5 Å². The minimum atomic E-state index is -0.149. The van der Waals surface area contributed by atoms with Gasteiger partial charge in [-0.05, 0) is 18.2 Å². The molecule has 0 radical (unpaired) electrons. The molecular formula is C16H13NO3S. The molecule has 2 aromatic rings. The van der Waals surface area contributed by atoms with Gasteiger partial charge in [0.05, 0.1) is 18.7 Å². The van der Waals surface area contributed by atoms with Gasteiger partial charge >= 0.3 is 0 Å². The molecule has 0 saturated heterocycles. The standard InChI is InChI=1S/C16H13NO3S/c1-19-16-8-12(9-17)4-5-15(16)20-10-14-7-13(11-21-14)3-2-6-18/h4-5,7-8,11,18H,6,10H2,1H3. The number of hydrogen-bond acceptors (Lipinski definition) is 5. The number of nitriles is 1. The second kappa shape index (κ2) is 7.35. The van der Waals surface area contributed by atoms with E-state index in [2.05, 4.69) is 17.9 Å². The molecule has 0 amide bonds. The molecule has 0 bridgehead atoms. The highest BCUT2D eigenvalue weighted by molar-refractivity contribution is 7.10. The molecule has 5 heteroatoms. The summed E-state index contributed by atoms with van der Waals surface area (Å²) in [6.07, 6.45) is 0. The summed E-state index contributed by atoms with van der Waals surface area (Å²) in [5.41, 5.74) is 1.39. The van der Waals surface area contributed by atoms with Crippen molar-refractivity contribution in [1.82, 2.24) is 0 Å². The number of rotatable bonds is 4. The van der Waals surface area contributed by atoms with E-state index in [1.54, 1.807) is 18.2 Å². The molecule has 0 saturated carbocycles. The molecule has 0 aliphatic carbocycles. The number of aliphatic hydroxyl groups excluding tert-OH is 1. The van der Waals surface area contributed by atoms with Crippen molar-refractivity contribution in [2.75, 3.05) is 13.7 Å². The number of ether oxygens (including phenoxy) is 2. The lowest BCUT2D eigenvalue weighted by molar-refractivity contribution is 0.287. The van der Waals surface area contributed by atoms with Crippen molar-refractivity contribution >= 4 is 11.3 Å². The van der Waals surface area contributed by atoms with Gasteiger partial charge in [-0.1, -0.05) is 11.8 Å². The van der Waals surface area contributed by atoms with Gasteiger partial charge in [-0.2, -0.15) is 5.26 Å². The molecule has 21 heavy (non-hydrogen) atoms. The van der Waals surface area contributed by atoms with Crippen molar-refractivity contribution in [3.05, 3.63) is 45.6 Å². The third-order valence-electron chi connectivity index (χ3n) is 2.63. The summed E-state index contributed by atoms with van der Waals surface area (Å²) in [6.45, 7) is 0.248. The van der Waals surface area contributed by atoms with Crippen LogP contribution in [-0.2, 0) is 6.61 Å². The molecule has 1 N–H and O–H groups in total. The highest BCUT2D eigenvalue weighted by atomic mass is 32.1. The molecular weight excluding hydrogens is 286 g/mol. The van der Waals surface area contributed by atoms with Crippen LogP contribution in [0.15, 0.2) is 29.6 Å². The maximum atomic E-state index is 8.85. The summed E-state index contributed by atoms with van der Waals surface area (Å²) in [7, 11) is 1.54. The van der Waals surface area contributed by atoms with Gasteiger partial charge in [0.1, 0.15) is 13.2 Å². The predicted molar refractivity (Wildman–Crippen MR) is 80.3 cm³/mol. The first-order valence-corrected chi connectivity index (χ1v) is 7.03. The second-order valence-corrected chi connectivity index (χ2v) is 5.02. The summed E-state index contributed by atoms with van der Waals surface area (Å²) in [6, 6.07) is 9.02. The van der Waals surface area contributed by atoms with Gasteiger partial charge in [-0.25, -0.2) is 0 Å². The minimum Gasteiger partial charge on any atom is -0.493 e. The van der Waals surface area contributed by atoms with Gasteiger partial charge in [0.25, 0.3) is 0 Å². The van der Waals surface area contributed by atoms with Crippen LogP contribution in [0.1, 0.15) is 16.0 Å². The maximum absolute atomic E-state index is 8.85. The lowest BCUT2D eigenvalue weighted by Gasteiger charge is -2.09. The van der Waals surface area contributed by atoms with Crippen LogP contribution >= 0.6 is 11.3 Å². The van der Waals surface area contributed by atoms with E-state index in [9.17, 15) is 0 Å². The van der Waals surface area contributed by atoms with Crippen LogP contribution in [0.3, 0.4) is 0 Å². The van der Waals surface area contributed by atoms with E-state index in [1.165, 1.54) is 18.4 Å². The molecule has 0 aliphatic heterocycles. The van der Waals surface area contributed by atoms with Crippen LogP contribution in [-0.4, -0.2) is 18.8 Å². The van der Waals surface area contributed by atoms with E-state index in [4.69, 9.17) is 19.8 Å². The smallest absolute Gasteiger partial charge is 0.162 e. The van der Waals surface area contributed by atoms with Crippen LogP contribution in [0.5, 0.6) is 11.5 Å². The fraction of sp³-hybridized carbons (Fsp3) is 0.188. The third-order valence-corrected chi connectivity index (χ3v) is 3.54. The van der Waals surface area contributed by atoms with Crippen molar-refractivity contribution in [3.8, 4) is 29.4 Å². The summed E-state index contributed by atoms with van der Waals surface area (Å²) in [5, 5.41) is 19.4. The average Bonchev–Trinajstić information content (AvgIpc) is 2.98. The number of thiophene rings is 1. The Bertz CT molecular complexity index is 719. The number of methoxy groups -OCH3 is 1. The first-order valence-electron chi connectivity index (χ1n) is 6.15. The maximum Gasteiger partial charge on any atom is 0.162 e. The minimum absolute atomic E-state index is 0.149. The van der Waals surface area contributed by atoms with Crippen LogP contribution < -0.4 is 9.47 Å². The molecule has 0 atom stereocenters. The van der Waals surface area contributed by atoms with E-state index >= 15 is 0 Å². The Morgan fingerprint density at radius 1 is 1.24 bits per heavy atom. The van der Waals surface area contributed by atoms with Crippen LogP contribution in [0, 0.1) is 23.2 Å². The highest BCUT2D eigenvalue weighted by Gasteiger charge is 2.07. The first kappa shape index (κ1) is 14.9. The Kier molecular flexibility index (Phi) is 5.22. The summed E-state index contributed by atoms with van der Waals surface area (Å²) in [4.78, 5) is 1.02. The number of hydrogen-bond donors (Lipinski definition) is 1. The zero-order chi connectivity index (χ0) is 15.1. The molecule has 0 fully saturated rings. The van der Waals surface area contributed by atoms with Crippen molar-refractivity contribution in [1.29, 1.82) is 5.26 Å². The Balaban J connectivity index is 2.06. The van der Waals surface area contributed by atoms with E-state index < -0.39 is 0 Å². The summed E-state index contributed by atoms with van der Waals surface area (Å²) < 4.78 is 10.9. The molecule has 1 heterocycles. The van der Waals surface area contributed by atoms with Gasteiger partial charge in [0.15, 0.2) is 11.5 Å². The molecule has 0 aliphatic rings. The molecule has 1 aromatic heterocycles. The van der Waals surface area contributed by atoms with Crippen LogP contribution in [0.4, 0.5) is 0 Å². The Hall–Kier alpha value is -2.47. The van der Waals surface area contributed by atoms with Crippen LogP contribution in [0.2, 0.25) is 0 Å².